The lowest BCUT2D eigenvalue weighted by Crippen LogP contribution is -2.13. The third-order valence-electron chi connectivity index (χ3n) is 4.41. The fourth-order valence-corrected chi connectivity index (χ4v) is 3.09. The van der Waals surface area contributed by atoms with Gasteiger partial charge in [-0.3, -0.25) is 9.89 Å². The Labute approximate surface area is 180 Å². The molecule has 1 aromatic heterocycles. The Balaban J connectivity index is 1.89. The molecule has 2 N–H and O–H groups in total. The number of anilines is 1. The van der Waals surface area contributed by atoms with Crippen LogP contribution >= 0.6 is 11.6 Å². The van der Waals surface area contributed by atoms with Crippen molar-refractivity contribution in [3.05, 3.63) is 52.8 Å². The molecule has 7 nitrogen and oxygen atoms in total. The van der Waals surface area contributed by atoms with Crippen LogP contribution in [-0.4, -0.2) is 34.8 Å². The van der Waals surface area contributed by atoms with Gasteiger partial charge < -0.3 is 14.8 Å². The predicted molar refractivity (Wildman–Crippen MR) is 118 cm³/mol. The van der Waals surface area contributed by atoms with Crippen LogP contribution in [0, 0.1) is 0 Å². The average molecular weight is 429 g/mol. The summed E-state index contributed by atoms with van der Waals surface area (Å²) in [6.07, 6.45) is 0.832. The second kappa shape index (κ2) is 9.63. The smallest absolute Gasteiger partial charge is 0.255 e. The first kappa shape index (κ1) is 21.6. The molecule has 1 heterocycles. The van der Waals surface area contributed by atoms with E-state index in [9.17, 15) is 4.79 Å². The molecule has 8 heteroatoms. The van der Waals surface area contributed by atoms with Crippen molar-refractivity contribution in [2.75, 3.05) is 19.0 Å². The molecule has 3 aromatic rings. The number of nitrogens with zero attached hydrogens (tertiary/aromatic N) is 2. The largest absolute Gasteiger partial charge is 0.493 e. The summed E-state index contributed by atoms with van der Waals surface area (Å²) in [7, 11) is 1.51. The summed E-state index contributed by atoms with van der Waals surface area (Å²) in [6, 6.07) is 10.5. The topological polar surface area (TPSA) is 89.1 Å². The Morgan fingerprint density at radius 1 is 1.27 bits per heavy atom. The van der Waals surface area contributed by atoms with Crippen molar-refractivity contribution in [3.8, 4) is 22.9 Å². The fraction of sp³-hybridized carbons (Fsp3) is 0.318. The number of hydrogen-bond acceptors (Lipinski definition) is 5. The van der Waals surface area contributed by atoms with Crippen LogP contribution in [0.25, 0.3) is 11.4 Å². The van der Waals surface area contributed by atoms with E-state index < -0.39 is 0 Å². The van der Waals surface area contributed by atoms with E-state index in [2.05, 4.69) is 20.5 Å². The highest BCUT2D eigenvalue weighted by atomic mass is 35.5. The van der Waals surface area contributed by atoms with Gasteiger partial charge in [0.2, 0.25) is 0 Å². The third-order valence-corrected chi connectivity index (χ3v) is 4.69. The number of amides is 1. The lowest BCUT2D eigenvalue weighted by atomic mass is 10.1. The van der Waals surface area contributed by atoms with Crippen molar-refractivity contribution in [2.45, 2.75) is 33.1 Å². The highest BCUT2D eigenvalue weighted by molar-refractivity contribution is 6.32. The molecule has 0 aliphatic heterocycles. The van der Waals surface area contributed by atoms with Crippen LogP contribution in [0.2, 0.25) is 5.02 Å². The van der Waals surface area contributed by atoms with Crippen molar-refractivity contribution < 1.29 is 14.3 Å². The van der Waals surface area contributed by atoms with Crippen LogP contribution in [0.3, 0.4) is 0 Å². The zero-order chi connectivity index (χ0) is 21.7. The van der Waals surface area contributed by atoms with Gasteiger partial charge in [-0.2, -0.15) is 5.10 Å². The summed E-state index contributed by atoms with van der Waals surface area (Å²) in [6.45, 7) is 6.56. The molecule has 0 aliphatic carbocycles. The number of aromatic amines is 1. The highest BCUT2D eigenvalue weighted by Gasteiger charge is 2.18. The second-order valence-electron chi connectivity index (χ2n) is 7.04. The molecular weight excluding hydrogens is 404 g/mol. The zero-order valence-electron chi connectivity index (χ0n) is 17.5. The molecule has 30 heavy (non-hydrogen) atoms. The lowest BCUT2D eigenvalue weighted by molar-refractivity contribution is 0.102. The molecule has 2 aromatic carbocycles. The van der Waals surface area contributed by atoms with E-state index >= 15 is 0 Å². The van der Waals surface area contributed by atoms with Crippen LogP contribution in [-0.2, 0) is 0 Å². The monoisotopic (exact) mass is 428 g/mol. The number of carbonyl (C=O) groups is 1. The minimum Gasteiger partial charge on any atom is -0.493 e. The summed E-state index contributed by atoms with van der Waals surface area (Å²) in [5.41, 5.74) is 1.67. The molecule has 0 unspecified atom stereocenters. The maximum absolute atomic E-state index is 12.9. The molecule has 0 saturated heterocycles. The van der Waals surface area contributed by atoms with Crippen LogP contribution < -0.4 is 14.8 Å². The van der Waals surface area contributed by atoms with Gasteiger partial charge in [0.1, 0.15) is 5.82 Å². The van der Waals surface area contributed by atoms with Crippen LogP contribution in [0.5, 0.6) is 11.5 Å². The molecule has 158 valence electrons. The first-order valence-corrected chi connectivity index (χ1v) is 10.2. The van der Waals surface area contributed by atoms with E-state index in [1.54, 1.807) is 18.2 Å². The quantitative estimate of drug-likeness (QED) is 0.508. The van der Waals surface area contributed by atoms with Gasteiger partial charge in [-0.15, -0.1) is 0 Å². The number of methoxy groups -OCH3 is 1. The van der Waals surface area contributed by atoms with Gasteiger partial charge >= 0.3 is 0 Å². The van der Waals surface area contributed by atoms with E-state index in [0.29, 0.717) is 40.2 Å². The molecule has 0 atom stereocenters. The zero-order valence-corrected chi connectivity index (χ0v) is 18.2. The second-order valence-corrected chi connectivity index (χ2v) is 7.44. The van der Waals surface area contributed by atoms with E-state index in [0.717, 1.165) is 17.8 Å². The molecule has 0 spiro atoms. The van der Waals surface area contributed by atoms with Crippen molar-refractivity contribution in [1.29, 1.82) is 0 Å². The molecule has 0 saturated carbocycles. The van der Waals surface area contributed by atoms with Gasteiger partial charge in [-0.1, -0.05) is 44.5 Å². The molecular formula is C22H25ClN4O3. The predicted octanol–water partition coefficient (Wildman–Crippen LogP) is 5.30. The number of carbonyl (C=O) groups excluding carboxylic acids is 1. The van der Waals surface area contributed by atoms with Crippen molar-refractivity contribution >= 4 is 23.2 Å². The number of ether oxygens (including phenoxy) is 2. The molecule has 0 radical (unpaired) electrons. The van der Waals surface area contributed by atoms with Crippen molar-refractivity contribution in [3.63, 3.8) is 0 Å². The number of para-hydroxylation sites is 1. The van der Waals surface area contributed by atoms with Gasteiger partial charge in [-0.05, 0) is 30.7 Å². The Morgan fingerprint density at radius 2 is 2.03 bits per heavy atom. The van der Waals surface area contributed by atoms with E-state index in [1.165, 1.54) is 7.11 Å². The van der Waals surface area contributed by atoms with Gasteiger partial charge in [-0.25, -0.2) is 4.98 Å². The number of aromatic nitrogens is 3. The molecule has 1 amide bonds. The van der Waals surface area contributed by atoms with Crippen molar-refractivity contribution in [1.82, 2.24) is 15.2 Å². The Kier molecular flexibility index (Phi) is 6.95. The molecule has 0 bridgehead atoms. The number of benzene rings is 2. The van der Waals surface area contributed by atoms with Gasteiger partial charge in [0, 0.05) is 17.0 Å². The molecule has 0 aliphatic rings. The maximum atomic E-state index is 12.9. The SMILES string of the molecule is CCCOc1c(Cl)cc(C(=O)Nc2ccccc2-c2n[nH]c(C(C)C)n2)cc1OC. The maximum Gasteiger partial charge on any atom is 0.255 e. The van der Waals surface area contributed by atoms with E-state index in [1.807, 2.05) is 39.0 Å². The van der Waals surface area contributed by atoms with E-state index in [4.69, 9.17) is 21.1 Å². The number of nitrogens with one attached hydrogen (secondary N) is 2. The van der Waals surface area contributed by atoms with Gasteiger partial charge in [0.25, 0.3) is 5.91 Å². The number of hydrogen-bond donors (Lipinski definition) is 2. The minimum atomic E-state index is -0.329. The first-order chi connectivity index (χ1) is 14.4. The van der Waals surface area contributed by atoms with Crippen LogP contribution in [0.4, 0.5) is 5.69 Å². The number of H-pyrrole nitrogens is 1. The summed E-state index contributed by atoms with van der Waals surface area (Å²) in [5, 5.41) is 10.5. The first-order valence-electron chi connectivity index (χ1n) is 9.78. The molecule has 3 rings (SSSR count). The summed E-state index contributed by atoms with van der Waals surface area (Å²) < 4.78 is 11.0. The Bertz CT molecular complexity index is 1030. The van der Waals surface area contributed by atoms with E-state index in [-0.39, 0.29) is 11.8 Å². The molecule has 0 fully saturated rings. The average Bonchev–Trinajstić information content (AvgIpc) is 3.23. The van der Waals surface area contributed by atoms with Crippen LogP contribution in [0.15, 0.2) is 36.4 Å². The van der Waals surface area contributed by atoms with Gasteiger partial charge in [0.15, 0.2) is 17.3 Å². The number of halogens is 1. The normalized spacial score (nSPS) is 10.9. The van der Waals surface area contributed by atoms with Crippen molar-refractivity contribution in [2.24, 2.45) is 0 Å². The standard InChI is InChI=1S/C22H25ClN4O3/c1-5-10-30-19-16(23)11-14(12-18(19)29-4)22(28)24-17-9-7-6-8-15(17)21-25-20(13(2)3)26-27-21/h6-9,11-13H,5,10H2,1-4H3,(H,24,28)(H,25,26,27). The number of rotatable bonds is 8. The highest BCUT2D eigenvalue weighted by Crippen LogP contribution is 2.37. The summed E-state index contributed by atoms with van der Waals surface area (Å²) in [4.78, 5) is 17.5. The minimum absolute atomic E-state index is 0.219. The summed E-state index contributed by atoms with van der Waals surface area (Å²) >= 11 is 6.35. The summed E-state index contributed by atoms with van der Waals surface area (Å²) in [5.74, 6) is 2.03. The Morgan fingerprint density at radius 3 is 2.70 bits per heavy atom. The fourth-order valence-electron chi connectivity index (χ4n) is 2.83. The van der Waals surface area contributed by atoms with Crippen LogP contribution in [0.1, 0.15) is 49.3 Å². The Hall–Kier alpha value is -3.06. The lowest BCUT2D eigenvalue weighted by Gasteiger charge is -2.14. The van der Waals surface area contributed by atoms with Gasteiger partial charge in [0.05, 0.1) is 24.4 Å². The third kappa shape index (κ3) is 4.74.